The van der Waals surface area contributed by atoms with Crippen molar-refractivity contribution in [2.75, 3.05) is 19.7 Å². The quantitative estimate of drug-likeness (QED) is 0.502. The van der Waals surface area contributed by atoms with Gasteiger partial charge in [0.2, 0.25) is 5.91 Å². The summed E-state index contributed by atoms with van der Waals surface area (Å²) in [7, 11) is 0. The number of ether oxygens (including phenoxy) is 1. The molecule has 1 aliphatic rings. The van der Waals surface area contributed by atoms with Crippen LogP contribution < -0.4 is 5.32 Å². The molecule has 0 spiro atoms. The van der Waals surface area contributed by atoms with E-state index in [0.717, 1.165) is 11.1 Å². The maximum Gasteiger partial charge on any atom is 0.407 e. The molecule has 0 saturated heterocycles. The van der Waals surface area contributed by atoms with Crippen LogP contribution >= 0.6 is 0 Å². The molecule has 7 nitrogen and oxygen atoms in total. The molecule has 0 bridgehead atoms. The molecular weight excluding hydrogens is 432 g/mol. The van der Waals surface area contributed by atoms with E-state index < -0.39 is 12.1 Å². The van der Waals surface area contributed by atoms with E-state index >= 15 is 0 Å². The zero-order chi connectivity index (χ0) is 24.7. The van der Waals surface area contributed by atoms with Crippen molar-refractivity contribution in [2.24, 2.45) is 5.92 Å². The summed E-state index contributed by atoms with van der Waals surface area (Å²) >= 11 is 0. The molecule has 34 heavy (non-hydrogen) atoms. The highest BCUT2D eigenvalue weighted by molar-refractivity contribution is 5.79. The fraction of sp³-hybridized carbons (Fsp3) is 0.444. The van der Waals surface area contributed by atoms with E-state index in [-0.39, 0.29) is 43.2 Å². The molecule has 3 rings (SSSR count). The van der Waals surface area contributed by atoms with Crippen LogP contribution in [0.15, 0.2) is 48.5 Å². The van der Waals surface area contributed by atoms with Crippen LogP contribution in [0.5, 0.6) is 0 Å². The third kappa shape index (κ3) is 6.37. The lowest BCUT2D eigenvalue weighted by atomic mass is 9.98. The summed E-state index contributed by atoms with van der Waals surface area (Å²) in [6.07, 6.45) is 0.235. The average Bonchev–Trinajstić information content (AvgIpc) is 3.12. The standard InChI is InChI=1S/C27H34N2O5/c1-18(2)29(14-8-13-26(31)32)25(30)15-19(3)16-28-27(33)34-17-24-22-11-6-4-9-20(22)21-10-5-7-12-23(21)24/h4-7,9-12,18-19,24H,8,13-17H2,1-3H3,(H,28,33)(H,31,32). The molecule has 0 fully saturated rings. The van der Waals surface area contributed by atoms with Crippen LogP contribution in [0.1, 0.15) is 57.1 Å². The lowest BCUT2D eigenvalue weighted by Gasteiger charge is -2.28. The first-order valence-corrected chi connectivity index (χ1v) is 11.9. The first-order chi connectivity index (χ1) is 16.3. The minimum atomic E-state index is -0.864. The maximum atomic E-state index is 12.7. The molecule has 2 amide bonds. The van der Waals surface area contributed by atoms with Crippen molar-refractivity contribution in [1.29, 1.82) is 0 Å². The Labute approximate surface area is 201 Å². The van der Waals surface area contributed by atoms with Crippen molar-refractivity contribution in [1.82, 2.24) is 10.2 Å². The number of rotatable bonds is 11. The van der Waals surface area contributed by atoms with E-state index in [4.69, 9.17) is 9.84 Å². The van der Waals surface area contributed by atoms with Crippen LogP contribution in [-0.4, -0.2) is 53.7 Å². The number of hydrogen-bond donors (Lipinski definition) is 2. The lowest BCUT2D eigenvalue weighted by molar-refractivity contribution is -0.138. The number of fused-ring (bicyclic) bond motifs is 3. The van der Waals surface area contributed by atoms with E-state index in [1.54, 1.807) is 4.90 Å². The summed E-state index contributed by atoms with van der Waals surface area (Å²) in [5.74, 6) is -0.977. The molecule has 2 N–H and O–H groups in total. The Morgan fingerprint density at radius 3 is 2.15 bits per heavy atom. The van der Waals surface area contributed by atoms with Gasteiger partial charge in [-0.3, -0.25) is 9.59 Å². The van der Waals surface area contributed by atoms with E-state index in [1.807, 2.05) is 45.0 Å². The van der Waals surface area contributed by atoms with Crippen molar-refractivity contribution in [3.8, 4) is 11.1 Å². The number of carbonyl (C=O) groups is 3. The first kappa shape index (κ1) is 25.3. The zero-order valence-corrected chi connectivity index (χ0v) is 20.1. The number of carbonyl (C=O) groups excluding carboxylic acids is 2. The average molecular weight is 467 g/mol. The molecule has 0 aromatic heterocycles. The highest BCUT2D eigenvalue weighted by Crippen LogP contribution is 2.44. The normalized spacial score (nSPS) is 13.2. The molecule has 2 aromatic rings. The summed E-state index contributed by atoms with van der Waals surface area (Å²) in [5.41, 5.74) is 4.67. The summed E-state index contributed by atoms with van der Waals surface area (Å²) in [6, 6.07) is 16.4. The van der Waals surface area contributed by atoms with Gasteiger partial charge in [-0.25, -0.2) is 4.79 Å². The number of carboxylic acids is 1. The number of carboxylic acid groups (broad SMARTS) is 1. The topological polar surface area (TPSA) is 95.9 Å². The fourth-order valence-corrected chi connectivity index (χ4v) is 4.47. The van der Waals surface area contributed by atoms with E-state index in [1.165, 1.54) is 11.1 Å². The fourth-order valence-electron chi connectivity index (χ4n) is 4.47. The van der Waals surface area contributed by atoms with Gasteiger partial charge in [0.1, 0.15) is 6.61 Å². The Bertz CT molecular complexity index is 974. The maximum absolute atomic E-state index is 12.7. The van der Waals surface area contributed by atoms with Crippen LogP contribution in [0.2, 0.25) is 0 Å². The number of hydrogen-bond acceptors (Lipinski definition) is 4. The van der Waals surface area contributed by atoms with E-state index in [2.05, 4.69) is 29.6 Å². The monoisotopic (exact) mass is 466 g/mol. The van der Waals surface area contributed by atoms with Gasteiger partial charge in [-0.1, -0.05) is 55.5 Å². The van der Waals surface area contributed by atoms with Crippen LogP contribution in [0.25, 0.3) is 11.1 Å². The number of benzene rings is 2. The number of aliphatic carboxylic acids is 1. The van der Waals surface area contributed by atoms with E-state index in [9.17, 15) is 14.4 Å². The van der Waals surface area contributed by atoms with Crippen LogP contribution in [0.4, 0.5) is 4.79 Å². The second kappa shape index (κ2) is 11.7. The van der Waals surface area contributed by atoms with Gasteiger partial charge < -0.3 is 20.1 Å². The minimum Gasteiger partial charge on any atom is -0.481 e. The molecule has 1 atom stereocenters. The predicted octanol–water partition coefficient (Wildman–Crippen LogP) is 4.65. The summed E-state index contributed by atoms with van der Waals surface area (Å²) < 4.78 is 5.56. The van der Waals surface area contributed by atoms with Gasteiger partial charge in [0, 0.05) is 37.9 Å². The molecule has 1 unspecified atom stereocenters. The molecule has 182 valence electrons. The highest BCUT2D eigenvalue weighted by Gasteiger charge is 2.29. The van der Waals surface area contributed by atoms with Gasteiger partial charge in [-0.2, -0.15) is 0 Å². The summed E-state index contributed by atoms with van der Waals surface area (Å²) in [5, 5.41) is 11.6. The third-order valence-electron chi connectivity index (χ3n) is 6.19. The number of nitrogens with zero attached hydrogens (tertiary/aromatic N) is 1. The molecule has 0 heterocycles. The van der Waals surface area contributed by atoms with Gasteiger partial charge in [-0.15, -0.1) is 0 Å². The highest BCUT2D eigenvalue weighted by atomic mass is 16.5. The largest absolute Gasteiger partial charge is 0.481 e. The Balaban J connectivity index is 1.47. The lowest BCUT2D eigenvalue weighted by Crippen LogP contribution is -2.40. The van der Waals surface area contributed by atoms with Crippen molar-refractivity contribution in [3.63, 3.8) is 0 Å². The third-order valence-corrected chi connectivity index (χ3v) is 6.19. The van der Waals surface area contributed by atoms with Crippen molar-refractivity contribution < 1.29 is 24.2 Å². The zero-order valence-electron chi connectivity index (χ0n) is 20.1. The predicted molar refractivity (Wildman–Crippen MR) is 131 cm³/mol. The van der Waals surface area contributed by atoms with Crippen molar-refractivity contribution in [3.05, 3.63) is 59.7 Å². The van der Waals surface area contributed by atoms with Gasteiger partial charge in [-0.05, 0) is 48.4 Å². The Morgan fingerprint density at radius 2 is 1.59 bits per heavy atom. The molecule has 1 aliphatic carbocycles. The van der Waals surface area contributed by atoms with Crippen LogP contribution in [-0.2, 0) is 14.3 Å². The number of nitrogens with one attached hydrogen (secondary N) is 1. The van der Waals surface area contributed by atoms with Gasteiger partial charge >= 0.3 is 12.1 Å². The Kier molecular flexibility index (Phi) is 8.68. The SMILES string of the molecule is CC(CNC(=O)OCC1c2ccccc2-c2ccccc21)CC(=O)N(CCCC(=O)O)C(C)C. The molecule has 7 heteroatoms. The smallest absolute Gasteiger partial charge is 0.407 e. The van der Waals surface area contributed by atoms with Crippen LogP contribution in [0.3, 0.4) is 0 Å². The second-order valence-electron chi connectivity index (χ2n) is 9.19. The Hall–Kier alpha value is -3.35. The molecule has 0 radical (unpaired) electrons. The van der Waals surface area contributed by atoms with Gasteiger partial charge in [0.05, 0.1) is 0 Å². The number of amides is 2. The Morgan fingerprint density at radius 1 is 1.00 bits per heavy atom. The van der Waals surface area contributed by atoms with Gasteiger partial charge in [0.15, 0.2) is 0 Å². The first-order valence-electron chi connectivity index (χ1n) is 11.9. The van der Waals surface area contributed by atoms with Crippen molar-refractivity contribution >= 4 is 18.0 Å². The summed E-state index contributed by atoms with van der Waals surface area (Å²) in [6.45, 7) is 6.71. The van der Waals surface area contributed by atoms with Crippen molar-refractivity contribution in [2.45, 2.75) is 52.0 Å². The summed E-state index contributed by atoms with van der Waals surface area (Å²) in [4.78, 5) is 37.5. The number of alkyl carbamates (subject to hydrolysis) is 1. The minimum absolute atomic E-state index is 0.00236. The molecule has 2 aromatic carbocycles. The van der Waals surface area contributed by atoms with Crippen LogP contribution in [0, 0.1) is 5.92 Å². The molecule has 0 aliphatic heterocycles. The molecular formula is C27H34N2O5. The molecule has 0 saturated carbocycles. The van der Waals surface area contributed by atoms with E-state index in [0.29, 0.717) is 19.5 Å². The van der Waals surface area contributed by atoms with Gasteiger partial charge in [0.25, 0.3) is 0 Å². The second-order valence-corrected chi connectivity index (χ2v) is 9.19.